The normalized spacial score (nSPS) is 10.7. The first-order valence-corrected chi connectivity index (χ1v) is 7.03. The van der Waals surface area contributed by atoms with E-state index >= 15 is 0 Å². The predicted molar refractivity (Wildman–Crippen MR) is 86.6 cm³/mol. The van der Waals surface area contributed by atoms with Crippen LogP contribution in [0.3, 0.4) is 0 Å². The number of rotatable bonds is 3. The van der Waals surface area contributed by atoms with Gasteiger partial charge in [0.2, 0.25) is 0 Å². The van der Waals surface area contributed by atoms with Crippen LogP contribution in [0.2, 0.25) is 0 Å². The summed E-state index contributed by atoms with van der Waals surface area (Å²) in [4.78, 5) is 12.3. The molecule has 0 radical (unpaired) electrons. The zero-order valence-corrected chi connectivity index (χ0v) is 12.8. The van der Waals surface area contributed by atoms with Crippen molar-refractivity contribution in [2.75, 3.05) is 12.4 Å². The van der Waals surface area contributed by atoms with Gasteiger partial charge in [0.1, 0.15) is 11.3 Å². The van der Waals surface area contributed by atoms with Crippen molar-refractivity contribution in [3.8, 4) is 5.75 Å². The first kappa shape index (κ1) is 14.2. The molecule has 2 aromatic carbocycles. The van der Waals surface area contributed by atoms with Crippen LogP contribution in [0.5, 0.6) is 5.75 Å². The molecule has 4 nitrogen and oxygen atoms in total. The van der Waals surface area contributed by atoms with Crippen molar-refractivity contribution in [3.63, 3.8) is 0 Å². The van der Waals surface area contributed by atoms with Crippen molar-refractivity contribution < 1.29 is 13.9 Å². The minimum atomic E-state index is -0.265. The quantitative estimate of drug-likeness (QED) is 0.783. The average Bonchev–Trinajstić information content (AvgIpc) is 2.94. The minimum Gasteiger partial charge on any atom is -0.497 e. The van der Waals surface area contributed by atoms with Crippen LogP contribution in [-0.4, -0.2) is 13.0 Å². The summed E-state index contributed by atoms with van der Waals surface area (Å²) in [5, 5.41) is 3.69. The predicted octanol–water partition coefficient (Wildman–Crippen LogP) is 4.31. The van der Waals surface area contributed by atoms with Crippen LogP contribution in [0.1, 0.15) is 21.7 Å². The Bertz CT molecular complexity index is 849. The van der Waals surface area contributed by atoms with Gasteiger partial charge in [-0.2, -0.15) is 0 Å². The zero-order valence-electron chi connectivity index (χ0n) is 12.8. The third-order valence-corrected chi connectivity index (χ3v) is 3.71. The molecular weight excluding hydrogens is 278 g/mol. The second kappa shape index (κ2) is 5.56. The largest absolute Gasteiger partial charge is 0.497 e. The number of anilines is 1. The molecule has 0 fully saturated rings. The molecule has 0 atom stereocenters. The number of carbonyl (C=O) groups excluding carboxylic acids is 1. The summed E-state index contributed by atoms with van der Waals surface area (Å²) in [5.41, 5.74) is 3.73. The Morgan fingerprint density at radius 3 is 2.59 bits per heavy atom. The maximum Gasteiger partial charge on any atom is 0.291 e. The smallest absolute Gasteiger partial charge is 0.291 e. The highest BCUT2D eigenvalue weighted by molar-refractivity contribution is 6.04. The number of hydrogen-bond donors (Lipinski definition) is 1. The van der Waals surface area contributed by atoms with Crippen molar-refractivity contribution in [1.82, 2.24) is 0 Å². The summed E-state index contributed by atoms with van der Waals surface area (Å²) < 4.78 is 10.8. The number of hydrogen-bond acceptors (Lipinski definition) is 3. The van der Waals surface area contributed by atoms with Crippen LogP contribution in [0.4, 0.5) is 5.69 Å². The van der Waals surface area contributed by atoms with E-state index in [0.717, 1.165) is 22.4 Å². The van der Waals surface area contributed by atoms with E-state index in [1.54, 1.807) is 25.3 Å². The summed E-state index contributed by atoms with van der Waals surface area (Å²) in [6.07, 6.45) is 0. The van der Waals surface area contributed by atoms with Gasteiger partial charge in [-0.3, -0.25) is 4.79 Å². The first-order valence-electron chi connectivity index (χ1n) is 7.03. The fourth-order valence-electron chi connectivity index (χ4n) is 2.27. The van der Waals surface area contributed by atoms with Crippen LogP contribution >= 0.6 is 0 Å². The topological polar surface area (TPSA) is 51.5 Å². The summed E-state index contributed by atoms with van der Waals surface area (Å²) in [5.74, 6) is 0.745. The fraction of sp³-hybridized carbons (Fsp3) is 0.167. The van der Waals surface area contributed by atoms with Gasteiger partial charge >= 0.3 is 0 Å². The van der Waals surface area contributed by atoms with Gasteiger partial charge in [0.15, 0.2) is 5.76 Å². The lowest BCUT2D eigenvalue weighted by molar-refractivity contribution is 0.0998. The molecule has 3 rings (SSSR count). The molecule has 0 aliphatic heterocycles. The van der Waals surface area contributed by atoms with Crippen molar-refractivity contribution in [3.05, 3.63) is 59.4 Å². The molecule has 1 N–H and O–H groups in total. The van der Waals surface area contributed by atoms with Gasteiger partial charge in [0.05, 0.1) is 7.11 Å². The molecule has 0 bridgehead atoms. The molecule has 4 heteroatoms. The summed E-state index contributed by atoms with van der Waals surface area (Å²) >= 11 is 0. The van der Waals surface area contributed by atoms with Crippen LogP contribution in [0.25, 0.3) is 11.0 Å². The molecule has 0 aliphatic carbocycles. The van der Waals surface area contributed by atoms with Crippen molar-refractivity contribution in [2.45, 2.75) is 13.8 Å². The molecule has 1 amide bonds. The fourth-order valence-corrected chi connectivity index (χ4v) is 2.27. The number of benzene rings is 2. The second-order valence-corrected chi connectivity index (χ2v) is 5.27. The maximum absolute atomic E-state index is 12.3. The Kier molecular flexibility index (Phi) is 3.59. The molecule has 0 saturated heterocycles. The van der Waals surface area contributed by atoms with Crippen molar-refractivity contribution in [1.29, 1.82) is 0 Å². The number of fused-ring (bicyclic) bond motifs is 1. The van der Waals surface area contributed by atoms with Gasteiger partial charge in [-0.15, -0.1) is 0 Å². The number of methoxy groups -OCH3 is 1. The Morgan fingerprint density at radius 2 is 1.86 bits per heavy atom. The standard InChI is InChI=1S/C18H17NO3/c1-11-4-5-14(8-12(11)2)19-18(20)17-10-13-9-15(21-3)6-7-16(13)22-17/h4-10H,1-3H3,(H,19,20). The van der Waals surface area contributed by atoms with Crippen LogP contribution in [0.15, 0.2) is 46.9 Å². The number of furan rings is 1. The average molecular weight is 295 g/mol. The van der Waals surface area contributed by atoms with E-state index in [9.17, 15) is 4.79 Å². The SMILES string of the molecule is COc1ccc2oc(C(=O)Nc3ccc(C)c(C)c3)cc2c1. The number of nitrogens with one attached hydrogen (secondary N) is 1. The minimum absolute atomic E-state index is 0.265. The van der Waals surface area contributed by atoms with Gasteiger partial charge < -0.3 is 14.5 Å². The Morgan fingerprint density at radius 1 is 1.05 bits per heavy atom. The van der Waals surface area contributed by atoms with E-state index in [-0.39, 0.29) is 11.7 Å². The highest BCUT2D eigenvalue weighted by Crippen LogP contribution is 2.25. The molecule has 0 unspecified atom stereocenters. The van der Waals surface area contributed by atoms with Crippen molar-refractivity contribution in [2.24, 2.45) is 0 Å². The van der Waals surface area contributed by atoms with Crippen molar-refractivity contribution >= 4 is 22.6 Å². The molecule has 0 saturated carbocycles. The van der Waals surface area contributed by atoms with Gasteiger partial charge in [-0.05, 0) is 61.4 Å². The number of aryl methyl sites for hydroxylation is 2. The van der Waals surface area contributed by atoms with E-state index in [2.05, 4.69) is 5.32 Å². The lowest BCUT2D eigenvalue weighted by Crippen LogP contribution is -2.10. The molecule has 1 heterocycles. The zero-order chi connectivity index (χ0) is 15.7. The molecule has 3 aromatic rings. The third kappa shape index (κ3) is 2.68. The van der Waals surface area contributed by atoms with Crippen LogP contribution in [0, 0.1) is 13.8 Å². The Labute approximate surface area is 128 Å². The molecule has 112 valence electrons. The van der Waals surface area contributed by atoms with E-state index in [0.29, 0.717) is 5.58 Å². The third-order valence-electron chi connectivity index (χ3n) is 3.71. The molecular formula is C18H17NO3. The highest BCUT2D eigenvalue weighted by atomic mass is 16.5. The Balaban J connectivity index is 1.86. The number of carbonyl (C=O) groups is 1. The summed E-state index contributed by atoms with van der Waals surface area (Å²) in [6.45, 7) is 4.05. The van der Waals surface area contributed by atoms with E-state index in [1.807, 2.05) is 38.1 Å². The first-order chi connectivity index (χ1) is 10.6. The number of amides is 1. The number of ether oxygens (including phenoxy) is 1. The van der Waals surface area contributed by atoms with Gasteiger partial charge in [0, 0.05) is 11.1 Å². The Hall–Kier alpha value is -2.75. The monoisotopic (exact) mass is 295 g/mol. The molecule has 22 heavy (non-hydrogen) atoms. The van der Waals surface area contributed by atoms with E-state index in [1.165, 1.54) is 5.56 Å². The highest BCUT2D eigenvalue weighted by Gasteiger charge is 2.13. The van der Waals surface area contributed by atoms with Gasteiger partial charge in [-0.25, -0.2) is 0 Å². The second-order valence-electron chi connectivity index (χ2n) is 5.27. The molecule has 0 spiro atoms. The molecule has 0 aliphatic rings. The van der Waals surface area contributed by atoms with E-state index < -0.39 is 0 Å². The lowest BCUT2D eigenvalue weighted by Gasteiger charge is -2.06. The van der Waals surface area contributed by atoms with Crippen LogP contribution < -0.4 is 10.1 Å². The summed E-state index contributed by atoms with van der Waals surface area (Å²) in [6, 6.07) is 13.0. The molecule has 1 aromatic heterocycles. The summed E-state index contributed by atoms with van der Waals surface area (Å²) in [7, 11) is 1.61. The maximum atomic E-state index is 12.3. The van der Waals surface area contributed by atoms with Gasteiger partial charge in [0.25, 0.3) is 5.91 Å². The van der Waals surface area contributed by atoms with Gasteiger partial charge in [-0.1, -0.05) is 6.07 Å². The van der Waals surface area contributed by atoms with Crippen LogP contribution in [-0.2, 0) is 0 Å². The van der Waals surface area contributed by atoms with E-state index in [4.69, 9.17) is 9.15 Å². The lowest BCUT2D eigenvalue weighted by atomic mass is 10.1.